The highest BCUT2D eigenvalue weighted by molar-refractivity contribution is 8.76. The smallest absolute Gasteiger partial charge is 0.308 e. The number of rotatable bonds is 8. The van der Waals surface area contributed by atoms with Gasteiger partial charge in [0.05, 0.1) is 19.6 Å². The van der Waals surface area contributed by atoms with Crippen LogP contribution in [0.25, 0.3) is 0 Å². The Hall–Kier alpha value is -0.400. The van der Waals surface area contributed by atoms with Crippen molar-refractivity contribution in [3.63, 3.8) is 0 Å². The number of aliphatic hydroxyl groups is 1. The zero-order valence-corrected chi connectivity index (χ0v) is 11.0. The number of nitrogens with one attached hydrogen (secondary N) is 1. The minimum Gasteiger partial charge on any atom is -0.469 e. The van der Waals surface area contributed by atoms with Crippen LogP contribution in [0.2, 0.25) is 0 Å². The minimum atomic E-state index is -0.885. The van der Waals surface area contributed by atoms with Gasteiger partial charge in [0, 0.05) is 18.7 Å². The summed E-state index contributed by atoms with van der Waals surface area (Å²) in [5.74, 6) is 0.130. The Labute approximate surface area is 103 Å². The van der Waals surface area contributed by atoms with E-state index in [9.17, 15) is 14.7 Å². The summed E-state index contributed by atoms with van der Waals surface area (Å²) in [6.45, 7) is 0.0812. The van der Waals surface area contributed by atoms with Gasteiger partial charge in [-0.25, -0.2) is 0 Å². The highest BCUT2D eigenvalue weighted by atomic mass is 33.1. The average molecular weight is 267 g/mol. The lowest BCUT2D eigenvalue weighted by Crippen LogP contribution is -2.33. The van der Waals surface area contributed by atoms with Crippen LogP contribution >= 0.6 is 21.6 Å². The maximum atomic E-state index is 11.2. The average Bonchev–Trinajstić information content (AvgIpc) is 2.26. The molecule has 0 saturated heterocycles. The van der Waals surface area contributed by atoms with Crippen LogP contribution in [0.4, 0.5) is 0 Å². The summed E-state index contributed by atoms with van der Waals surface area (Å²) in [4.78, 5) is 22.0. The van der Waals surface area contributed by atoms with Crippen LogP contribution in [0.3, 0.4) is 0 Å². The van der Waals surface area contributed by atoms with Crippen molar-refractivity contribution in [3.05, 3.63) is 0 Å². The number of carbonyl (C=O) groups is 2. The van der Waals surface area contributed by atoms with Crippen molar-refractivity contribution < 1.29 is 19.4 Å². The lowest BCUT2D eigenvalue weighted by molar-refractivity contribution is -0.143. The van der Waals surface area contributed by atoms with Crippen LogP contribution in [0.15, 0.2) is 0 Å². The molecule has 0 aliphatic carbocycles. The van der Waals surface area contributed by atoms with E-state index in [1.165, 1.54) is 7.11 Å². The fraction of sp³-hybridized carbons (Fsp3) is 0.778. The lowest BCUT2D eigenvalue weighted by atomic mass is 10.2. The number of amides is 1. The van der Waals surface area contributed by atoms with Gasteiger partial charge in [0.2, 0.25) is 5.91 Å². The molecule has 1 amide bonds. The van der Waals surface area contributed by atoms with Crippen LogP contribution in [-0.2, 0) is 14.3 Å². The molecule has 16 heavy (non-hydrogen) atoms. The monoisotopic (exact) mass is 267 g/mol. The lowest BCUT2D eigenvalue weighted by Gasteiger charge is -2.10. The highest BCUT2D eigenvalue weighted by Crippen LogP contribution is 2.16. The third-order valence-corrected chi connectivity index (χ3v) is 3.51. The van der Waals surface area contributed by atoms with Gasteiger partial charge in [0.1, 0.15) is 0 Å². The van der Waals surface area contributed by atoms with E-state index in [2.05, 4.69) is 10.1 Å². The second-order valence-corrected chi connectivity index (χ2v) is 5.66. The molecule has 0 bridgehead atoms. The highest BCUT2D eigenvalue weighted by Gasteiger charge is 2.11. The van der Waals surface area contributed by atoms with Gasteiger partial charge in [-0.1, -0.05) is 21.6 Å². The van der Waals surface area contributed by atoms with Gasteiger partial charge in [0.25, 0.3) is 0 Å². The van der Waals surface area contributed by atoms with E-state index in [1.807, 2.05) is 6.26 Å². The molecule has 0 aliphatic rings. The van der Waals surface area contributed by atoms with Gasteiger partial charge in [-0.05, 0) is 6.26 Å². The molecule has 0 fully saturated rings. The van der Waals surface area contributed by atoms with E-state index < -0.39 is 12.1 Å². The summed E-state index contributed by atoms with van der Waals surface area (Å²) in [5, 5.41) is 11.9. The summed E-state index contributed by atoms with van der Waals surface area (Å²) < 4.78 is 4.39. The maximum Gasteiger partial charge on any atom is 0.308 e. The molecular formula is C9H17NO4S2. The maximum absolute atomic E-state index is 11.2. The van der Waals surface area contributed by atoms with Crippen LogP contribution in [0, 0.1) is 0 Å². The summed E-state index contributed by atoms with van der Waals surface area (Å²) in [6, 6.07) is 0. The van der Waals surface area contributed by atoms with Crippen molar-refractivity contribution in [2.24, 2.45) is 0 Å². The van der Waals surface area contributed by atoms with Crippen molar-refractivity contribution >= 4 is 33.5 Å². The normalized spacial score (nSPS) is 11.9. The van der Waals surface area contributed by atoms with E-state index in [0.717, 1.165) is 5.75 Å². The van der Waals surface area contributed by atoms with Crippen LogP contribution < -0.4 is 5.32 Å². The second-order valence-electron chi connectivity index (χ2n) is 2.98. The third-order valence-electron chi connectivity index (χ3n) is 1.70. The summed E-state index contributed by atoms with van der Waals surface area (Å²) in [7, 11) is 4.47. The molecule has 0 radical (unpaired) electrons. The molecule has 5 nitrogen and oxygen atoms in total. The zero-order valence-electron chi connectivity index (χ0n) is 9.39. The van der Waals surface area contributed by atoms with E-state index >= 15 is 0 Å². The Kier molecular flexibility index (Phi) is 9.55. The Morgan fingerprint density at radius 1 is 1.50 bits per heavy atom. The molecule has 0 aliphatic heterocycles. The molecule has 7 heteroatoms. The fourth-order valence-electron chi connectivity index (χ4n) is 0.886. The Balaban J connectivity index is 3.54. The first-order valence-electron chi connectivity index (χ1n) is 4.77. The van der Waals surface area contributed by atoms with Crippen LogP contribution in [-0.4, -0.2) is 48.8 Å². The van der Waals surface area contributed by atoms with E-state index in [-0.39, 0.29) is 18.9 Å². The molecule has 94 valence electrons. The molecule has 0 saturated carbocycles. The standard InChI is InChI=1S/C9H17NO4S2/c1-14-9(13)5-7(11)6-10-8(12)3-4-16-15-2/h7,11H,3-6H2,1-2H3,(H,10,12). The van der Waals surface area contributed by atoms with E-state index in [1.54, 1.807) is 21.6 Å². The van der Waals surface area contributed by atoms with E-state index in [4.69, 9.17) is 0 Å². The summed E-state index contributed by atoms with van der Waals surface area (Å²) in [6.07, 6.45) is 1.37. The predicted octanol–water partition coefficient (Wildman–Crippen LogP) is 0.428. The SMILES string of the molecule is COC(=O)CC(O)CNC(=O)CCSSC. The van der Waals surface area contributed by atoms with Gasteiger partial charge in [-0.2, -0.15) is 0 Å². The van der Waals surface area contributed by atoms with Gasteiger partial charge in [0.15, 0.2) is 0 Å². The summed E-state index contributed by atoms with van der Waals surface area (Å²) in [5.41, 5.74) is 0. The van der Waals surface area contributed by atoms with Crippen molar-refractivity contribution in [3.8, 4) is 0 Å². The van der Waals surface area contributed by atoms with Crippen molar-refractivity contribution in [1.82, 2.24) is 5.32 Å². The molecule has 0 aromatic carbocycles. The number of carbonyl (C=O) groups excluding carboxylic acids is 2. The van der Waals surface area contributed by atoms with Gasteiger partial charge in [-0.3, -0.25) is 9.59 Å². The Morgan fingerprint density at radius 2 is 2.19 bits per heavy atom. The first-order chi connectivity index (χ1) is 7.60. The number of hydrogen-bond acceptors (Lipinski definition) is 6. The predicted molar refractivity (Wildman–Crippen MR) is 66.2 cm³/mol. The number of methoxy groups -OCH3 is 1. The zero-order chi connectivity index (χ0) is 12.4. The van der Waals surface area contributed by atoms with Crippen LogP contribution in [0.1, 0.15) is 12.8 Å². The topological polar surface area (TPSA) is 75.6 Å². The molecule has 0 heterocycles. The number of esters is 1. The number of ether oxygens (including phenoxy) is 1. The van der Waals surface area contributed by atoms with Gasteiger partial charge in [-0.15, -0.1) is 0 Å². The Morgan fingerprint density at radius 3 is 2.75 bits per heavy atom. The van der Waals surface area contributed by atoms with Crippen molar-refractivity contribution in [1.29, 1.82) is 0 Å². The van der Waals surface area contributed by atoms with E-state index in [0.29, 0.717) is 6.42 Å². The summed E-state index contributed by atoms with van der Waals surface area (Å²) >= 11 is 0. The first kappa shape index (κ1) is 15.6. The van der Waals surface area contributed by atoms with Gasteiger partial charge >= 0.3 is 5.97 Å². The first-order valence-corrected chi connectivity index (χ1v) is 7.50. The molecular weight excluding hydrogens is 250 g/mol. The number of aliphatic hydroxyl groups excluding tert-OH is 1. The minimum absolute atomic E-state index is 0.0812. The van der Waals surface area contributed by atoms with Crippen molar-refractivity contribution in [2.45, 2.75) is 18.9 Å². The molecule has 2 N–H and O–H groups in total. The van der Waals surface area contributed by atoms with Crippen molar-refractivity contribution in [2.75, 3.05) is 25.7 Å². The fourth-order valence-corrected chi connectivity index (χ4v) is 2.07. The van der Waals surface area contributed by atoms with Crippen LogP contribution in [0.5, 0.6) is 0 Å². The quantitative estimate of drug-likeness (QED) is 0.377. The number of hydrogen-bond donors (Lipinski definition) is 2. The molecule has 1 unspecified atom stereocenters. The Bertz CT molecular complexity index is 226. The molecule has 0 spiro atoms. The third kappa shape index (κ3) is 8.87. The van der Waals surface area contributed by atoms with Gasteiger partial charge < -0.3 is 15.2 Å². The molecule has 0 rings (SSSR count). The second kappa shape index (κ2) is 9.80. The largest absolute Gasteiger partial charge is 0.469 e. The molecule has 0 aromatic heterocycles. The molecule has 1 atom stereocenters. The molecule has 0 aromatic rings.